The van der Waals surface area contributed by atoms with E-state index in [1.807, 2.05) is 18.2 Å². The number of Topliss-reactive ketones (excluding diaryl/α,β-unsaturated/α-hetero) is 1. The van der Waals surface area contributed by atoms with Crippen molar-refractivity contribution in [1.82, 2.24) is 4.98 Å². The third kappa shape index (κ3) is 2.24. The van der Waals surface area contributed by atoms with E-state index in [2.05, 4.69) is 4.98 Å². The summed E-state index contributed by atoms with van der Waals surface area (Å²) >= 11 is 0. The summed E-state index contributed by atoms with van der Waals surface area (Å²) in [5.74, 6) is 0.402. The van der Waals surface area contributed by atoms with Crippen molar-refractivity contribution in [3.05, 3.63) is 59.4 Å². The lowest BCUT2D eigenvalue weighted by Crippen LogP contribution is -2.24. The van der Waals surface area contributed by atoms with E-state index < -0.39 is 0 Å². The molecule has 0 saturated carbocycles. The quantitative estimate of drug-likeness (QED) is 0.895. The zero-order valence-corrected chi connectivity index (χ0v) is 10.5. The lowest BCUT2D eigenvalue weighted by molar-refractivity contribution is 0.0900. The molecule has 0 aliphatic heterocycles. The van der Waals surface area contributed by atoms with Crippen LogP contribution in [0.5, 0.6) is 5.75 Å². The third-order valence-electron chi connectivity index (χ3n) is 3.76. The van der Waals surface area contributed by atoms with Crippen LogP contribution in [-0.2, 0) is 12.8 Å². The summed E-state index contributed by atoms with van der Waals surface area (Å²) in [7, 11) is 0. The van der Waals surface area contributed by atoms with Gasteiger partial charge in [-0.2, -0.15) is 0 Å². The molecule has 19 heavy (non-hydrogen) atoms. The van der Waals surface area contributed by atoms with Crippen LogP contribution in [0.15, 0.2) is 42.7 Å². The molecule has 0 fully saturated rings. The van der Waals surface area contributed by atoms with Crippen molar-refractivity contribution in [2.24, 2.45) is 5.92 Å². The van der Waals surface area contributed by atoms with Crippen LogP contribution in [0.2, 0.25) is 0 Å². The standard InChI is InChI=1S/C16H15NO2/c18-15-3-1-2-14-13(15)5-4-12(16(14)19)10-11-6-8-17-9-7-11/h1-3,6-9,12,18H,4-5,10H2/t12-/m1/s1. The predicted molar refractivity (Wildman–Crippen MR) is 72.2 cm³/mol. The first-order chi connectivity index (χ1) is 9.25. The molecule has 1 heterocycles. The predicted octanol–water partition coefficient (Wildman–Crippen LogP) is 2.78. The maximum Gasteiger partial charge on any atom is 0.166 e. The Hall–Kier alpha value is -2.16. The minimum absolute atomic E-state index is 0.0108. The minimum atomic E-state index is 0.0108. The summed E-state index contributed by atoms with van der Waals surface area (Å²) in [5.41, 5.74) is 2.63. The molecule has 0 amide bonds. The number of hydrogen-bond acceptors (Lipinski definition) is 3. The monoisotopic (exact) mass is 253 g/mol. The van der Waals surface area contributed by atoms with Gasteiger partial charge in [0, 0.05) is 29.4 Å². The van der Waals surface area contributed by atoms with Crippen LogP contribution in [0, 0.1) is 5.92 Å². The Morgan fingerprint density at radius 1 is 1.21 bits per heavy atom. The van der Waals surface area contributed by atoms with Gasteiger partial charge in [-0.25, -0.2) is 0 Å². The zero-order valence-electron chi connectivity index (χ0n) is 10.5. The maximum atomic E-state index is 12.4. The number of carbonyl (C=O) groups is 1. The zero-order chi connectivity index (χ0) is 13.2. The Kier molecular flexibility index (Phi) is 3.03. The van der Waals surface area contributed by atoms with Gasteiger partial charge in [0.05, 0.1) is 0 Å². The Morgan fingerprint density at radius 3 is 2.79 bits per heavy atom. The molecular formula is C16H15NO2. The van der Waals surface area contributed by atoms with Crippen LogP contribution in [0.1, 0.15) is 27.9 Å². The highest BCUT2D eigenvalue weighted by Gasteiger charge is 2.28. The van der Waals surface area contributed by atoms with Crippen LogP contribution < -0.4 is 0 Å². The maximum absolute atomic E-state index is 12.4. The number of hydrogen-bond donors (Lipinski definition) is 1. The number of benzene rings is 1. The average Bonchev–Trinajstić information content (AvgIpc) is 2.44. The van der Waals surface area contributed by atoms with Crippen molar-refractivity contribution in [1.29, 1.82) is 0 Å². The van der Waals surface area contributed by atoms with Crippen LogP contribution in [0.25, 0.3) is 0 Å². The second-order valence-corrected chi connectivity index (χ2v) is 4.96. The average molecular weight is 253 g/mol. The van der Waals surface area contributed by atoms with Crippen molar-refractivity contribution < 1.29 is 9.90 Å². The number of phenolic OH excluding ortho intramolecular Hbond substituents is 1. The van der Waals surface area contributed by atoms with E-state index in [4.69, 9.17) is 0 Å². The number of ketones is 1. The van der Waals surface area contributed by atoms with Gasteiger partial charge in [-0.3, -0.25) is 9.78 Å². The van der Waals surface area contributed by atoms with Crippen molar-refractivity contribution >= 4 is 5.78 Å². The molecule has 1 aromatic carbocycles. The first kappa shape index (κ1) is 11.9. The molecule has 1 aromatic heterocycles. The van der Waals surface area contributed by atoms with Gasteiger partial charge >= 0.3 is 0 Å². The summed E-state index contributed by atoms with van der Waals surface area (Å²) in [6, 6.07) is 9.10. The molecular weight excluding hydrogens is 238 g/mol. The molecule has 1 aliphatic rings. The van der Waals surface area contributed by atoms with E-state index in [0.717, 1.165) is 30.4 Å². The molecule has 1 aliphatic carbocycles. The molecule has 3 heteroatoms. The largest absolute Gasteiger partial charge is 0.508 e. The Bertz CT molecular complexity index is 607. The first-order valence-corrected chi connectivity index (χ1v) is 6.49. The van der Waals surface area contributed by atoms with E-state index in [9.17, 15) is 9.90 Å². The molecule has 3 nitrogen and oxygen atoms in total. The minimum Gasteiger partial charge on any atom is -0.508 e. The normalized spacial score (nSPS) is 18.1. The lowest BCUT2D eigenvalue weighted by Gasteiger charge is -2.23. The molecule has 3 rings (SSSR count). The fourth-order valence-electron chi connectivity index (χ4n) is 2.74. The number of pyridine rings is 1. The van der Waals surface area contributed by atoms with Gasteiger partial charge in [-0.15, -0.1) is 0 Å². The fraction of sp³-hybridized carbons (Fsp3) is 0.250. The number of carbonyl (C=O) groups excluding carboxylic acids is 1. The molecule has 0 spiro atoms. The van der Waals surface area contributed by atoms with Crippen molar-refractivity contribution in [2.45, 2.75) is 19.3 Å². The summed E-state index contributed by atoms with van der Waals surface area (Å²) in [5, 5.41) is 9.79. The topological polar surface area (TPSA) is 50.2 Å². The van der Waals surface area contributed by atoms with Gasteiger partial charge in [0.25, 0.3) is 0 Å². The van der Waals surface area contributed by atoms with E-state index in [1.165, 1.54) is 0 Å². The summed E-state index contributed by atoms with van der Waals surface area (Å²) in [6.07, 6.45) is 5.82. The molecule has 0 saturated heterocycles. The van der Waals surface area contributed by atoms with Crippen LogP contribution in [-0.4, -0.2) is 15.9 Å². The highest BCUT2D eigenvalue weighted by Crippen LogP contribution is 2.32. The van der Waals surface area contributed by atoms with Crippen molar-refractivity contribution in [2.75, 3.05) is 0 Å². The number of phenols is 1. The molecule has 0 unspecified atom stereocenters. The number of rotatable bonds is 2. The van der Waals surface area contributed by atoms with Gasteiger partial charge in [0.15, 0.2) is 5.78 Å². The lowest BCUT2D eigenvalue weighted by atomic mass is 9.79. The van der Waals surface area contributed by atoms with Gasteiger partial charge < -0.3 is 5.11 Å². The highest BCUT2D eigenvalue weighted by molar-refractivity contribution is 6.00. The summed E-state index contributed by atoms with van der Waals surface area (Å²) < 4.78 is 0. The van der Waals surface area contributed by atoms with E-state index in [0.29, 0.717) is 5.56 Å². The van der Waals surface area contributed by atoms with Gasteiger partial charge in [0.2, 0.25) is 0 Å². The first-order valence-electron chi connectivity index (χ1n) is 6.49. The second-order valence-electron chi connectivity index (χ2n) is 4.96. The van der Waals surface area contributed by atoms with Crippen molar-refractivity contribution in [3.63, 3.8) is 0 Å². The SMILES string of the molecule is O=C1c2cccc(O)c2CC[C@@H]1Cc1ccncc1. The number of aromatic nitrogens is 1. The van der Waals surface area contributed by atoms with E-state index in [-0.39, 0.29) is 17.5 Å². The van der Waals surface area contributed by atoms with Crippen LogP contribution in [0.3, 0.4) is 0 Å². The number of fused-ring (bicyclic) bond motifs is 1. The molecule has 1 N–H and O–H groups in total. The smallest absolute Gasteiger partial charge is 0.166 e. The van der Waals surface area contributed by atoms with Gasteiger partial charge in [0.1, 0.15) is 5.75 Å². The molecule has 0 bridgehead atoms. The van der Waals surface area contributed by atoms with Gasteiger partial charge in [-0.1, -0.05) is 12.1 Å². The second kappa shape index (κ2) is 4.84. The Balaban J connectivity index is 1.86. The summed E-state index contributed by atoms with van der Waals surface area (Å²) in [6.45, 7) is 0. The van der Waals surface area contributed by atoms with Crippen LogP contribution >= 0.6 is 0 Å². The number of nitrogens with zero attached hydrogens (tertiary/aromatic N) is 1. The van der Waals surface area contributed by atoms with Gasteiger partial charge in [-0.05, 0) is 43.0 Å². The van der Waals surface area contributed by atoms with Crippen LogP contribution in [0.4, 0.5) is 0 Å². The van der Waals surface area contributed by atoms with E-state index >= 15 is 0 Å². The molecule has 96 valence electrons. The molecule has 0 radical (unpaired) electrons. The third-order valence-corrected chi connectivity index (χ3v) is 3.76. The number of aromatic hydroxyl groups is 1. The van der Waals surface area contributed by atoms with Crippen molar-refractivity contribution in [3.8, 4) is 5.75 Å². The summed E-state index contributed by atoms with van der Waals surface area (Å²) in [4.78, 5) is 16.4. The molecule has 1 atom stereocenters. The van der Waals surface area contributed by atoms with E-state index in [1.54, 1.807) is 24.5 Å². The fourth-order valence-corrected chi connectivity index (χ4v) is 2.74. The molecule has 2 aromatic rings. The Labute approximate surface area is 111 Å². The Morgan fingerprint density at radius 2 is 2.00 bits per heavy atom. The highest BCUT2D eigenvalue weighted by atomic mass is 16.3.